The van der Waals surface area contributed by atoms with E-state index < -0.39 is 65.3 Å². The Balaban J connectivity index is 0.0000122. The summed E-state index contributed by atoms with van der Waals surface area (Å²) < 4.78 is 48.0. The molecule has 1 saturated heterocycles. The second-order valence-electron chi connectivity index (χ2n) is 9.19. The molecule has 4 N–H and O–H groups in total. The summed E-state index contributed by atoms with van der Waals surface area (Å²) >= 11 is 0. The van der Waals surface area contributed by atoms with Gasteiger partial charge in [0, 0.05) is 6.42 Å². The van der Waals surface area contributed by atoms with Crippen molar-refractivity contribution in [3.05, 3.63) is 0 Å². The van der Waals surface area contributed by atoms with E-state index in [1.165, 1.54) is 44.9 Å². The van der Waals surface area contributed by atoms with Crippen LogP contribution in [-0.4, -0.2) is 95.1 Å². The van der Waals surface area contributed by atoms with Gasteiger partial charge >= 0.3 is 35.5 Å². The minimum atomic E-state index is -4.78. The van der Waals surface area contributed by atoms with Gasteiger partial charge in [0.2, 0.25) is 0 Å². The number of aliphatic hydroxyl groups excluding tert-OH is 4. The van der Waals surface area contributed by atoms with Crippen LogP contribution in [0, 0.1) is 0 Å². The van der Waals surface area contributed by atoms with E-state index in [2.05, 4.69) is 6.92 Å². The summed E-state index contributed by atoms with van der Waals surface area (Å²) in [5.41, 5.74) is 0. The third-order valence-corrected chi connectivity index (χ3v) is 6.65. The predicted molar refractivity (Wildman–Crippen MR) is 125 cm³/mol. The average Bonchev–Trinajstić information content (AvgIpc) is 2.80. The van der Waals surface area contributed by atoms with Crippen LogP contribution in [0.4, 0.5) is 0 Å². The third kappa shape index (κ3) is 16.2. The molecule has 0 saturated carbocycles. The van der Waals surface area contributed by atoms with Gasteiger partial charge in [0.25, 0.3) is 0 Å². The molecule has 0 amide bonds. The smallest absolute Gasteiger partial charge is 0.748 e. The number of unbranched alkanes of at least 4 members (excludes halogenated alkanes) is 10. The van der Waals surface area contributed by atoms with E-state index in [-0.39, 0.29) is 42.6 Å². The number of ether oxygens (including phenoxy) is 3. The Labute approximate surface area is 236 Å². The molecular weight excluding hydrogens is 507 g/mol. The van der Waals surface area contributed by atoms with Crippen molar-refractivity contribution in [1.82, 2.24) is 0 Å². The fraction of sp³-hybridized carbons (Fsp3) is 0.957. The van der Waals surface area contributed by atoms with E-state index in [9.17, 15) is 38.2 Å². The Kier molecular flexibility index (Phi) is 20.2. The van der Waals surface area contributed by atoms with Crippen molar-refractivity contribution in [3.63, 3.8) is 0 Å². The number of hydrogen-bond acceptors (Lipinski definition) is 11. The molecule has 6 atom stereocenters. The molecule has 1 aliphatic heterocycles. The van der Waals surface area contributed by atoms with E-state index in [1.807, 2.05) is 0 Å². The number of carbonyl (C=O) groups is 1. The first-order valence-electron chi connectivity index (χ1n) is 12.6. The molecule has 0 radical (unpaired) electrons. The molecule has 0 aliphatic carbocycles. The maximum absolute atomic E-state index is 11.8. The molecule has 208 valence electrons. The molecule has 1 unspecified atom stereocenters. The largest absolute Gasteiger partial charge is 1.00 e. The van der Waals surface area contributed by atoms with Crippen LogP contribution in [-0.2, 0) is 29.1 Å². The van der Waals surface area contributed by atoms with Crippen LogP contribution in [0.15, 0.2) is 0 Å². The second-order valence-corrected chi connectivity index (χ2v) is 10.6. The zero-order chi connectivity index (χ0) is 26.3. The van der Waals surface area contributed by atoms with Gasteiger partial charge in [-0.1, -0.05) is 71.1 Å². The van der Waals surface area contributed by atoms with Gasteiger partial charge in [-0.15, -0.1) is 0 Å². The molecule has 1 heterocycles. The summed E-state index contributed by atoms with van der Waals surface area (Å²) in [6, 6.07) is 0. The number of rotatable bonds is 19. The van der Waals surface area contributed by atoms with Crippen molar-refractivity contribution in [2.75, 3.05) is 19.0 Å². The van der Waals surface area contributed by atoms with Crippen molar-refractivity contribution < 1.29 is 82.0 Å². The van der Waals surface area contributed by atoms with Crippen molar-refractivity contribution in [3.8, 4) is 0 Å². The third-order valence-electron chi connectivity index (χ3n) is 5.91. The van der Waals surface area contributed by atoms with Gasteiger partial charge in [-0.3, -0.25) is 4.79 Å². The number of carbonyl (C=O) groups excluding carboxylic acids is 1. The summed E-state index contributed by atoms with van der Waals surface area (Å²) in [6.07, 6.45) is 3.20. The first-order valence-corrected chi connectivity index (χ1v) is 14.2. The number of aliphatic hydroxyl groups is 4. The van der Waals surface area contributed by atoms with Gasteiger partial charge in [-0.05, 0) is 6.42 Å². The molecule has 36 heavy (non-hydrogen) atoms. The van der Waals surface area contributed by atoms with Crippen molar-refractivity contribution in [2.45, 2.75) is 121 Å². The Morgan fingerprint density at radius 2 is 1.42 bits per heavy atom. The van der Waals surface area contributed by atoms with Crippen LogP contribution in [0.3, 0.4) is 0 Å². The van der Waals surface area contributed by atoms with E-state index in [1.54, 1.807) is 0 Å². The Bertz CT molecular complexity index is 679. The Hall–Kier alpha value is 0.140. The molecule has 0 aromatic heterocycles. The number of esters is 1. The maximum atomic E-state index is 11.8. The van der Waals surface area contributed by atoms with E-state index in [0.29, 0.717) is 6.42 Å². The Morgan fingerprint density at radius 1 is 0.889 bits per heavy atom. The topological polar surface area (TPSA) is 183 Å². The van der Waals surface area contributed by atoms with Crippen LogP contribution < -0.4 is 29.6 Å². The summed E-state index contributed by atoms with van der Waals surface area (Å²) in [5.74, 6) is -1.58. The standard InChI is InChI=1S/C23H44O11S.Na/c1-2-3-4-5-6-7-8-9-10-11-12-13-19(25)32-14-17(24)15-33-23-22(28)21(27)20(26)18(34-23)16-35(29,30)31;/h17-18,20-24,26-28H,2-16H2,1H3,(H,29,30,31);/q;+1/p-1/t17?,18-,20+,21+,22-,23+;/m1./s1. The minimum absolute atomic E-state index is 0. The summed E-state index contributed by atoms with van der Waals surface area (Å²) in [4.78, 5) is 11.8. The van der Waals surface area contributed by atoms with E-state index >= 15 is 0 Å². The molecule has 0 aromatic carbocycles. The van der Waals surface area contributed by atoms with Crippen molar-refractivity contribution >= 4 is 16.1 Å². The normalized spacial score (nSPS) is 25.2. The van der Waals surface area contributed by atoms with Crippen molar-refractivity contribution in [2.24, 2.45) is 0 Å². The summed E-state index contributed by atoms with van der Waals surface area (Å²) in [7, 11) is -4.78. The molecule has 11 nitrogen and oxygen atoms in total. The van der Waals surface area contributed by atoms with Crippen LogP contribution in [0.2, 0.25) is 0 Å². The SMILES string of the molecule is CCCCCCCCCCCCCC(=O)OCC(O)CO[C@H]1O[C@H](CS(=O)(=O)[O-])[C@H](O)[C@H](O)[C@H]1O.[Na+]. The van der Waals surface area contributed by atoms with Gasteiger partial charge < -0.3 is 39.2 Å². The maximum Gasteiger partial charge on any atom is 1.00 e. The first kappa shape index (κ1) is 36.1. The van der Waals surface area contributed by atoms with Gasteiger partial charge in [-0.25, -0.2) is 8.42 Å². The van der Waals surface area contributed by atoms with E-state index in [0.717, 1.165) is 19.3 Å². The zero-order valence-electron chi connectivity index (χ0n) is 21.6. The molecule has 1 aliphatic rings. The zero-order valence-corrected chi connectivity index (χ0v) is 24.4. The van der Waals surface area contributed by atoms with Crippen LogP contribution >= 0.6 is 0 Å². The van der Waals surface area contributed by atoms with Gasteiger partial charge in [0.1, 0.15) is 37.1 Å². The van der Waals surface area contributed by atoms with Crippen molar-refractivity contribution in [1.29, 1.82) is 0 Å². The molecule has 0 bridgehead atoms. The molecule has 1 fully saturated rings. The first-order chi connectivity index (χ1) is 16.5. The van der Waals surface area contributed by atoms with Gasteiger partial charge in [0.15, 0.2) is 6.29 Å². The van der Waals surface area contributed by atoms with Crippen LogP contribution in [0.25, 0.3) is 0 Å². The fourth-order valence-electron chi connectivity index (χ4n) is 3.84. The molecule has 1 rings (SSSR count). The van der Waals surface area contributed by atoms with Gasteiger partial charge in [-0.2, -0.15) is 0 Å². The predicted octanol–water partition coefficient (Wildman–Crippen LogP) is -2.03. The quantitative estimate of drug-likeness (QED) is 0.0602. The van der Waals surface area contributed by atoms with Crippen LogP contribution in [0.5, 0.6) is 0 Å². The van der Waals surface area contributed by atoms with Gasteiger partial charge in [0.05, 0.1) is 22.5 Å². The minimum Gasteiger partial charge on any atom is -0.748 e. The molecule has 0 aromatic rings. The average molecular weight is 551 g/mol. The monoisotopic (exact) mass is 550 g/mol. The molecule has 13 heteroatoms. The Morgan fingerprint density at radius 3 is 1.94 bits per heavy atom. The summed E-state index contributed by atoms with van der Waals surface area (Å²) in [5, 5.41) is 39.5. The van der Waals surface area contributed by atoms with E-state index in [4.69, 9.17) is 14.2 Å². The number of hydrogen-bond donors (Lipinski definition) is 4. The molecule has 0 spiro atoms. The second kappa shape index (κ2) is 20.1. The summed E-state index contributed by atoms with van der Waals surface area (Å²) in [6.45, 7) is 1.38. The fourth-order valence-corrected chi connectivity index (χ4v) is 4.52. The molecular formula is C23H43NaO11S. The van der Waals surface area contributed by atoms with Crippen LogP contribution in [0.1, 0.15) is 84.0 Å².